The molecule has 0 saturated carbocycles. The Labute approximate surface area is 140 Å². The molecule has 1 fully saturated rings. The molecule has 6 heteroatoms. The zero-order valence-corrected chi connectivity index (χ0v) is 13.6. The van der Waals surface area contributed by atoms with Crippen LogP contribution in [0.4, 0.5) is 4.39 Å². The molecular formula is C18H22FN3O2. The molecular weight excluding hydrogens is 309 g/mol. The average Bonchev–Trinajstić information content (AvgIpc) is 3.25. The lowest BCUT2D eigenvalue weighted by atomic mass is 10.1. The number of aryl methyl sites for hydroxylation is 1. The van der Waals surface area contributed by atoms with Crippen LogP contribution < -0.4 is 5.32 Å². The maximum atomic E-state index is 12.9. The van der Waals surface area contributed by atoms with Gasteiger partial charge in [-0.15, -0.1) is 0 Å². The topological polar surface area (TPSA) is 56.2 Å². The summed E-state index contributed by atoms with van der Waals surface area (Å²) in [6.07, 6.45) is 7.15. The normalized spacial score (nSPS) is 17.1. The highest BCUT2D eigenvalue weighted by Gasteiger charge is 2.15. The van der Waals surface area contributed by atoms with Crippen LogP contribution in [0.25, 0.3) is 11.1 Å². The zero-order chi connectivity index (χ0) is 16.8. The van der Waals surface area contributed by atoms with E-state index >= 15 is 0 Å². The van der Waals surface area contributed by atoms with Crippen molar-refractivity contribution in [2.75, 3.05) is 13.2 Å². The van der Waals surface area contributed by atoms with Crippen LogP contribution in [-0.2, 0) is 16.1 Å². The van der Waals surface area contributed by atoms with E-state index in [9.17, 15) is 9.18 Å². The Kier molecular flexibility index (Phi) is 5.59. The van der Waals surface area contributed by atoms with E-state index in [1.807, 2.05) is 10.9 Å². The fourth-order valence-corrected chi connectivity index (χ4v) is 2.80. The Morgan fingerprint density at radius 3 is 2.92 bits per heavy atom. The number of carbonyl (C=O) groups excluding carboxylic acids is 1. The molecule has 1 atom stereocenters. The predicted molar refractivity (Wildman–Crippen MR) is 88.8 cm³/mol. The molecule has 1 N–H and O–H groups in total. The maximum Gasteiger partial charge on any atom is 0.220 e. The summed E-state index contributed by atoms with van der Waals surface area (Å²) in [5.41, 5.74) is 1.87. The van der Waals surface area contributed by atoms with Gasteiger partial charge in [0.25, 0.3) is 0 Å². The van der Waals surface area contributed by atoms with Gasteiger partial charge in [-0.3, -0.25) is 9.48 Å². The maximum absolute atomic E-state index is 12.9. The van der Waals surface area contributed by atoms with E-state index in [2.05, 4.69) is 10.4 Å². The van der Waals surface area contributed by atoms with Gasteiger partial charge < -0.3 is 10.1 Å². The number of hydrogen-bond donors (Lipinski definition) is 1. The third-order valence-corrected chi connectivity index (χ3v) is 4.15. The fourth-order valence-electron chi connectivity index (χ4n) is 2.80. The first-order chi connectivity index (χ1) is 11.7. The Morgan fingerprint density at radius 1 is 1.33 bits per heavy atom. The van der Waals surface area contributed by atoms with E-state index in [1.54, 1.807) is 18.3 Å². The van der Waals surface area contributed by atoms with E-state index in [1.165, 1.54) is 12.1 Å². The van der Waals surface area contributed by atoms with Crippen molar-refractivity contribution < 1.29 is 13.9 Å². The number of halogens is 1. The number of benzene rings is 1. The third-order valence-electron chi connectivity index (χ3n) is 4.15. The van der Waals surface area contributed by atoms with E-state index in [-0.39, 0.29) is 17.8 Å². The van der Waals surface area contributed by atoms with Crippen LogP contribution in [0.15, 0.2) is 36.7 Å². The highest BCUT2D eigenvalue weighted by Crippen LogP contribution is 2.18. The summed E-state index contributed by atoms with van der Waals surface area (Å²) in [5, 5.41) is 7.21. The van der Waals surface area contributed by atoms with Crippen molar-refractivity contribution in [2.24, 2.45) is 0 Å². The standard InChI is InChI=1S/C18H22FN3O2/c19-16-7-5-14(6-8-16)15-11-21-22(13-15)9-1-4-18(23)20-12-17-3-2-10-24-17/h5-8,11,13,17H,1-4,9-10,12H2,(H,20,23)/t17-/m0/s1. The van der Waals surface area contributed by atoms with Crippen molar-refractivity contribution >= 4 is 5.91 Å². The van der Waals surface area contributed by atoms with Crippen molar-refractivity contribution in [3.8, 4) is 11.1 Å². The fraction of sp³-hybridized carbons (Fsp3) is 0.444. The van der Waals surface area contributed by atoms with Gasteiger partial charge in [-0.25, -0.2) is 4.39 Å². The molecule has 0 aliphatic carbocycles. The minimum Gasteiger partial charge on any atom is -0.376 e. The first-order valence-electron chi connectivity index (χ1n) is 8.37. The van der Waals surface area contributed by atoms with Gasteiger partial charge in [0.1, 0.15) is 5.82 Å². The van der Waals surface area contributed by atoms with Gasteiger partial charge in [-0.05, 0) is 37.0 Å². The molecule has 1 saturated heterocycles. The molecule has 0 radical (unpaired) electrons. The molecule has 5 nitrogen and oxygen atoms in total. The molecule has 24 heavy (non-hydrogen) atoms. The predicted octanol–water partition coefficient (Wildman–Crippen LogP) is 2.76. The number of hydrogen-bond acceptors (Lipinski definition) is 3. The molecule has 1 aliphatic heterocycles. The van der Waals surface area contributed by atoms with Crippen LogP contribution in [0, 0.1) is 5.82 Å². The smallest absolute Gasteiger partial charge is 0.220 e. The minimum absolute atomic E-state index is 0.0522. The largest absolute Gasteiger partial charge is 0.376 e. The first kappa shape index (κ1) is 16.6. The van der Waals surface area contributed by atoms with Crippen LogP contribution in [0.3, 0.4) is 0 Å². The number of carbonyl (C=O) groups is 1. The van der Waals surface area contributed by atoms with Crippen LogP contribution in [-0.4, -0.2) is 34.9 Å². The Balaban J connectivity index is 1.40. The van der Waals surface area contributed by atoms with Gasteiger partial charge in [0, 0.05) is 37.9 Å². The van der Waals surface area contributed by atoms with Gasteiger partial charge in [-0.2, -0.15) is 5.10 Å². The summed E-state index contributed by atoms with van der Waals surface area (Å²) in [7, 11) is 0. The molecule has 1 amide bonds. The Bertz CT molecular complexity index is 663. The molecule has 0 spiro atoms. The molecule has 0 unspecified atom stereocenters. The zero-order valence-electron chi connectivity index (χ0n) is 13.6. The highest BCUT2D eigenvalue weighted by molar-refractivity contribution is 5.75. The van der Waals surface area contributed by atoms with Crippen molar-refractivity contribution in [2.45, 2.75) is 38.3 Å². The molecule has 2 aromatic rings. The van der Waals surface area contributed by atoms with E-state index < -0.39 is 0 Å². The van der Waals surface area contributed by atoms with Gasteiger partial charge in [0.2, 0.25) is 5.91 Å². The number of aromatic nitrogens is 2. The van der Waals surface area contributed by atoms with Gasteiger partial charge >= 0.3 is 0 Å². The first-order valence-corrected chi connectivity index (χ1v) is 8.37. The van der Waals surface area contributed by atoms with E-state index in [0.717, 1.165) is 37.0 Å². The van der Waals surface area contributed by atoms with Crippen molar-refractivity contribution in [3.05, 3.63) is 42.5 Å². The number of amides is 1. The second-order valence-corrected chi connectivity index (χ2v) is 6.04. The van der Waals surface area contributed by atoms with Crippen molar-refractivity contribution in [1.29, 1.82) is 0 Å². The van der Waals surface area contributed by atoms with Gasteiger partial charge in [-0.1, -0.05) is 12.1 Å². The third kappa shape index (κ3) is 4.64. The van der Waals surface area contributed by atoms with E-state index in [0.29, 0.717) is 19.5 Å². The summed E-state index contributed by atoms with van der Waals surface area (Å²) in [4.78, 5) is 11.8. The average molecular weight is 331 g/mol. The lowest BCUT2D eigenvalue weighted by Gasteiger charge is -2.10. The SMILES string of the molecule is O=C(CCCn1cc(-c2ccc(F)cc2)cn1)NC[C@@H]1CCCO1. The molecule has 1 aromatic carbocycles. The molecule has 2 heterocycles. The monoisotopic (exact) mass is 331 g/mol. The minimum atomic E-state index is -0.250. The lowest BCUT2D eigenvalue weighted by molar-refractivity contribution is -0.121. The summed E-state index contributed by atoms with van der Waals surface area (Å²) < 4.78 is 20.2. The lowest BCUT2D eigenvalue weighted by Crippen LogP contribution is -2.31. The number of ether oxygens (including phenoxy) is 1. The van der Waals surface area contributed by atoms with Gasteiger partial charge in [0.05, 0.1) is 12.3 Å². The molecule has 1 aliphatic rings. The molecule has 0 bridgehead atoms. The van der Waals surface area contributed by atoms with Crippen LogP contribution in [0.5, 0.6) is 0 Å². The Morgan fingerprint density at radius 2 is 2.17 bits per heavy atom. The summed E-state index contributed by atoms with van der Waals surface area (Å²) in [5.74, 6) is -0.198. The van der Waals surface area contributed by atoms with Crippen LogP contribution in [0.2, 0.25) is 0 Å². The Hall–Kier alpha value is -2.21. The quantitative estimate of drug-likeness (QED) is 0.849. The molecule has 1 aromatic heterocycles. The number of nitrogens with zero attached hydrogens (tertiary/aromatic N) is 2. The van der Waals surface area contributed by atoms with E-state index in [4.69, 9.17) is 4.74 Å². The summed E-state index contributed by atoms with van der Waals surface area (Å²) >= 11 is 0. The van der Waals surface area contributed by atoms with Crippen LogP contribution in [0.1, 0.15) is 25.7 Å². The summed E-state index contributed by atoms with van der Waals surface area (Å²) in [6, 6.07) is 6.33. The second-order valence-electron chi connectivity index (χ2n) is 6.04. The second kappa shape index (κ2) is 8.06. The van der Waals surface area contributed by atoms with Crippen LogP contribution >= 0.6 is 0 Å². The molecule has 3 rings (SSSR count). The van der Waals surface area contributed by atoms with Gasteiger partial charge in [0.15, 0.2) is 0 Å². The molecule has 128 valence electrons. The number of rotatable bonds is 7. The van der Waals surface area contributed by atoms with Crippen molar-refractivity contribution in [3.63, 3.8) is 0 Å². The van der Waals surface area contributed by atoms with Crippen molar-refractivity contribution in [1.82, 2.24) is 15.1 Å². The number of nitrogens with one attached hydrogen (secondary N) is 1. The summed E-state index contributed by atoms with van der Waals surface area (Å²) in [6.45, 7) is 2.08. The highest BCUT2D eigenvalue weighted by atomic mass is 19.1.